The van der Waals surface area contributed by atoms with E-state index in [-0.39, 0.29) is 5.49 Å². The molecular weight excluding hydrogens is 116 g/mol. The first-order chi connectivity index (χ1) is 4.20. The number of nitrogens with one attached hydrogen (secondary N) is 1. The highest BCUT2D eigenvalue weighted by molar-refractivity contribution is 5.04. The van der Waals surface area contributed by atoms with Gasteiger partial charge in [0.2, 0.25) is 0 Å². The van der Waals surface area contributed by atoms with Crippen LogP contribution in [0.1, 0.15) is 5.56 Å². The van der Waals surface area contributed by atoms with Gasteiger partial charge >= 0.3 is 0 Å². The van der Waals surface area contributed by atoms with E-state index in [0.717, 1.165) is 10.3 Å². The zero-order valence-electron chi connectivity index (χ0n) is 5.13. The molecule has 0 atom stereocenters. The second kappa shape index (κ2) is 1.93. The zero-order chi connectivity index (χ0) is 6.85. The Balaban J connectivity index is 3.34. The number of hydrogen-bond acceptors (Lipinski definition) is 2. The van der Waals surface area contributed by atoms with Crippen LogP contribution in [-0.2, 0) is 0 Å². The van der Waals surface area contributed by atoms with Crippen molar-refractivity contribution in [1.29, 1.82) is 5.41 Å². The molecule has 0 spiro atoms. The van der Waals surface area contributed by atoms with Crippen molar-refractivity contribution in [2.45, 2.75) is 6.92 Å². The Kier molecular flexibility index (Phi) is 1.26. The third-order valence-corrected chi connectivity index (χ3v) is 1.08. The van der Waals surface area contributed by atoms with Crippen LogP contribution in [0, 0.1) is 12.3 Å². The Labute approximate surface area is 52.7 Å². The Morgan fingerprint density at radius 2 is 2.22 bits per heavy atom. The minimum atomic E-state index is 0.0978. The number of aromatic nitrogens is 1. The van der Waals surface area contributed by atoms with Gasteiger partial charge in [-0.2, -0.15) is 4.73 Å². The standard InChI is InChI=1S/C6H8N2O/c1-5-2-3-6(7)8(9)4-5/h2-4,7,9H,1H3. The van der Waals surface area contributed by atoms with Crippen molar-refractivity contribution in [2.24, 2.45) is 0 Å². The number of aryl methyl sites for hydroxylation is 1. The summed E-state index contributed by atoms with van der Waals surface area (Å²) in [5.41, 5.74) is 1.04. The summed E-state index contributed by atoms with van der Waals surface area (Å²) >= 11 is 0. The van der Waals surface area contributed by atoms with Gasteiger partial charge in [-0.05, 0) is 18.6 Å². The summed E-state index contributed by atoms with van der Waals surface area (Å²) in [6.07, 6.45) is 1.49. The van der Waals surface area contributed by atoms with Crippen LogP contribution in [0.25, 0.3) is 0 Å². The molecule has 1 aromatic heterocycles. The fourth-order valence-corrected chi connectivity index (χ4v) is 0.592. The molecular formula is C6H8N2O. The van der Waals surface area contributed by atoms with Crippen molar-refractivity contribution in [2.75, 3.05) is 0 Å². The van der Waals surface area contributed by atoms with E-state index in [4.69, 9.17) is 10.6 Å². The quantitative estimate of drug-likeness (QED) is 0.486. The predicted molar refractivity (Wildman–Crippen MR) is 32.2 cm³/mol. The van der Waals surface area contributed by atoms with Gasteiger partial charge in [-0.3, -0.25) is 5.41 Å². The molecule has 0 unspecified atom stereocenters. The molecule has 0 aliphatic carbocycles. The molecule has 0 fully saturated rings. The lowest BCUT2D eigenvalue weighted by Gasteiger charge is -1.95. The van der Waals surface area contributed by atoms with Crippen LogP contribution in [0.4, 0.5) is 0 Å². The molecule has 3 heteroatoms. The number of pyridine rings is 1. The maximum atomic E-state index is 8.83. The van der Waals surface area contributed by atoms with E-state index < -0.39 is 0 Å². The van der Waals surface area contributed by atoms with Gasteiger partial charge in [0.1, 0.15) is 0 Å². The normalized spacial score (nSPS) is 9.44. The van der Waals surface area contributed by atoms with Crippen LogP contribution in [0.5, 0.6) is 0 Å². The molecule has 0 aliphatic heterocycles. The molecule has 0 amide bonds. The number of rotatable bonds is 0. The Morgan fingerprint density at radius 3 is 2.67 bits per heavy atom. The van der Waals surface area contributed by atoms with Crippen molar-refractivity contribution >= 4 is 0 Å². The van der Waals surface area contributed by atoms with E-state index in [0.29, 0.717) is 0 Å². The zero-order valence-corrected chi connectivity index (χ0v) is 5.13. The molecule has 0 aromatic carbocycles. The molecule has 48 valence electrons. The van der Waals surface area contributed by atoms with E-state index in [2.05, 4.69) is 0 Å². The SMILES string of the molecule is Cc1ccc(=N)n(O)c1. The van der Waals surface area contributed by atoms with Crippen molar-refractivity contribution in [3.63, 3.8) is 0 Å². The second-order valence-electron chi connectivity index (χ2n) is 1.94. The Bertz CT molecular complexity index is 264. The lowest BCUT2D eigenvalue weighted by Crippen LogP contribution is -2.15. The van der Waals surface area contributed by atoms with Gasteiger partial charge in [-0.25, -0.2) is 0 Å². The second-order valence-corrected chi connectivity index (χ2v) is 1.94. The van der Waals surface area contributed by atoms with Crippen molar-refractivity contribution in [3.05, 3.63) is 29.4 Å². The van der Waals surface area contributed by atoms with Gasteiger partial charge in [0.15, 0.2) is 5.49 Å². The summed E-state index contributed by atoms with van der Waals surface area (Å²) in [5, 5.41) is 15.9. The largest absolute Gasteiger partial charge is 0.427 e. The fourth-order valence-electron chi connectivity index (χ4n) is 0.592. The highest BCUT2D eigenvalue weighted by Crippen LogP contribution is 1.87. The first kappa shape index (κ1) is 5.88. The molecule has 2 N–H and O–H groups in total. The van der Waals surface area contributed by atoms with Crippen molar-refractivity contribution < 1.29 is 5.21 Å². The van der Waals surface area contributed by atoms with Crippen LogP contribution >= 0.6 is 0 Å². The molecule has 1 heterocycles. The molecule has 0 saturated heterocycles. The topological polar surface area (TPSA) is 49.0 Å². The minimum absolute atomic E-state index is 0.0978. The maximum Gasteiger partial charge on any atom is 0.160 e. The summed E-state index contributed by atoms with van der Waals surface area (Å²) < 4.78 is 0.787. The third-order valence-electron chi connectivity index (χ3n) is 1.08. The van der Waals surface area contributed by atoms with Gasteiger partial charge < -0.3 is 5.21 Å². The smallest absolute Gasteiger partial charge is 0.160 e. The van der Waals surface area contributed by atoms with Gasteiger partial charge in [-0.15, -0.1) is 0 Å². The summed E-state index contributed by atoms with van der Waals surface area (Å²) in [6.45, 7) is 1.85. The third kappa shape index (κ3) is 1.10. The average Bonchev–Trinajstić information content (AvgIpc) is 1.80. The van der Waals surface area contributed by atoms with Gasteiger partial charge in [0, 0.05) is 6.20 Å². The number of nitrogens with zero attached hydrogens (tertiary/aromatic N) is 1. The van der Waals surface area contributed by atoms with E-state index in [9.17, 15) is 0 Å². The summed E-state index contributed by atoms with van der Waals surface area (Å²) in [5.74, 6) is 0. The van der Waals surface area contributed by atoms with Crippen LogP contribution in [0.2, 0.25) is 0 Å². The van der Waals surface area contributed by atoms with Gasteiger partial charge in [-0.1, -0.05) is 6.07 Å². The van der Waals surface area contributed by atoms with Crippen LogP contribution in [0.15, 0.2) is 18.3 Å². The lowest BCUT2D eigenvalue weighted by molar-refractivity contribution is 0.170. The lowest BCUT2D eigenvalue weighted by atomic mass is 10.3. The minimum Gasteiger partial charge on any atom is -0.427 e. The van der Waals surface area contributed by atoms with E-state index in [1.807, 2.05) is 6.92 Å². The summed E-state index contributed by atoms with van der Waals surface area (Å²) in [6, 6.07) is 3.31. The summed E-state index contributed by atoms with van der Waals surface area (Å²) in [4.78, 5) is 0. The van der Waals surface area contributed by atoms with Crippen LogP contribution in [-0.4, -0.2) is 9.94 Å². The summed E-state index contributed by atoms with van der Waals surface area (Å²) in [7, 11) is 0. The highest BCUT2D eigenvalue weighted by atomic mass is 16.5. The molecule has 0 radical (unpaired) electrons. The first-order valence-electron chi connectivity index (χ1n) is 2.63. The molecule has 9 heavy (non-hydrogen) atoms. The van der Waals surface area contributed by atoms with E-state index >= 15 is 0 Å². The molecule has 1 aromatic rings. The van der Waals surface area contributed by atoms with Gasteiger partial charge in [0.25, 0.3) is 0 Å². The molecule has 0 aliphatic rings. The Hall–Kier alpha value is -1.25. The molecule has 1 rings (SSSR count). The van der Waals surface area contributed by atoms with E-state index in [1.165, 1.54) is 12.3 Å². The number of hydrogen-bond donors (Lipinski definition) is 2. The molecule has 3 nitrogen and oxygen atoms in total. The van der Waals surface area contributed by atoms with E-state index in [1.54, 1.807) is 6.07 Å². The van der Waals surface area contributed by atoms with Crippen molar-refractivity contribution in [1.82, 2.24) is 4.73 Å². The van der Waals surface area contributed by atoms with Crippen LogP contribution < -0.4 is 5.49 Å². The van der Waals surface area contributed by atoms with Gasteiger partial charge in [0.05, 0.1) is 0 Å². The average molecular weight is 124 g/mol. The monoisotopic (exact) mass is 124 g/mol. The first-order valence-corrected chi connectivity index (χ1v) is 2.63. The van der Waals surface area contributed by atoms with Crippen LogP contribution in [0.3, 0.4) is 0 Å². The molecule has 0 saturated carbocycles. The predicted octanol–water partition coefficient (Wildman–Crippen LogP) is 0.513. The molecule has 0 bridgehead atoms. The maximum absolute atomic E-state index is 8.83. The fraction of sp³-hybridized carbons (Fsp3) is 0.167. The highest BCUT2D eigenvalue weighted by Gasteiger charge is 1.85. The Morgan fingerprint density at radius 1 is 1.56 bits per heavy atom. The van der Waals surface area contributed by atoms with Crippen molar-refractivity contribution in [3.8, 4) is 0 Å².